The molecule has 1 atom stereocenters. The van der Waals surface area contributed by atoms with Gasteiger partial charge in [0.15, 0.2) is 0 Å². The quantitative estimate of drug-likeness (QED) is 0.801. The molecule has 1 rings (SSSR count). The van der Waals surface area contributed by atoms with Gasteiger partial charge in [-0.3, -0.25) is 0 Å². The number of halogens is 5. The zero-order valence-corrected chi connectivity index (χ0v) is 11.3. The van der Waals surface area contributed by atoms with Gasteiger partial charge >= 0.3 is 6.18 Å². The second-order valence-corrected chi connectivity index (χ2v) is 4.43. The van der Waals surface area contributed by atoms with E-state index < -0.39 is 17.8 Å². The largest absolute Gasteiger partial charge is 0.416 e. The molecule has 0 fully saturated rings. The minimum absolute atomic E-state index is 0. The molecule has 0 aliphatic carbocycles. The van der Waals surface area contributed by atoms with Crippen molar-refractivity contribution in [2.45, 2.75) is 25.6 Å². The van der Waals surface area contributed by atoms with Gasteiger partial charge in [-0.2, -0.15) is 13.2 Å². The third-order valence-corrected chi connectivity index (χ3v) is 2.52. The maximum atomic E-state index is 12.8. The Balaban J connectivity index is 0.00000289. The fraction of sp³-hybridized carbons (Fsp3) is 0.333. The van der Waals surface area contributed by atoms with E-state index in [0.717, 1.165) is 11.6 Å². The summed E-state index contributed by atoms with van der Waals surface area (Å²) < 4.78 is 38.4. The molecule has 0 aliphatic heterocycles. The van der Waals surface area contributed by atoms with Gasteiger partial charge in [-0.05, 0) is 31.0 Å². The zero-order chi connectivity index (χ0) is 13.2. The molecule has 0 saturated carbocycles. The molecule has 0 radical (unpaired) electrons. The maximum absolute atomic E-state index is 12.8. The molecule has 102 valence electrons. The molecule has 2 N–H and O–H groups in total. The van der Waals surface area contributed by atoms with Gasteiger partial charge in [0.2, 0.25) is 0 Å². The normalized spacial score (nSPS) is 12.8. The summed E-state index contributed by atoms with van der Waals surface area (Å²) in [6.07, 6.45) is -4.14. The maximum Gasteiger partial charge on any atom is 0.416 e. The monoisotopic (exact) mass is 299 g/mol. The Labute approximate surface area is 115 Å². The molecule has 1 nitrogen and oxygen atoms in total. The van der Waals surface area contributed by atoms with Crippen LogP contribution in [0.4, 0.5) is 13.2 Å². The van der Waals surface area contributed by atoms with Gasteiger partial charge in [0.1, 0.15) is 0 Å². The molecule has 18 heavy (non-hydrogen) atoms. The van der Waals surface area contributed by atoms with Crippen molar-refractivity contribution >= 4 is 24.0 Å². The van der Waals surface area contributed by atoms with Crippen LogP contribution in [0.2, 0.25) is 5.02 Å². The van der Waals surface area contributed by atoms with Crippen LogP contribution in [0.15, 0.2) is 30.4 Å². The average Bonchev–Trinajstić information content (AvgIpc) is 2.14. The molecule has 0 amide bonds. The molecule has 0 unspecified atom stereocenters. The second-order valence-electron chi connectivity index (χ2n) is 4.00. The summed E-state index contributed by atoms with van der Waals surface area (Å²) in [4.78, 5) is 0. The summed E-state index contributed by atoms with van der Waals surface area (Å²) in [7, 11) is 0. The van der Waals surface area contributed by atoms with Crippen molar-refractivity contribution in [2.75, 3.05) is 0 Å². The van der Waals surface area contributed by atoms with E-state index in [1.54, 1.807) is 6.92 Å². The van der Waals surface area contributed by atoms with Crippen LogP contribution in [0.3, 0.4) is 0 Å². The number of hydrogen-bond donors (Lipinski definition) is 1. The van der Waals surface area contributed by atoms with Crippen molar-refractivity contribution in [1.82, 2.24) is 0 Å². The van der Waals surface area contributed by atoms with Crippen molar-refractivity contribution in [3.8, 4) is 0 Å². The predicted octanol–water partition coefficient (Wildman–Crippen LogP) is 4.75. The van der Waals surface area contributed by atoms with Crippen LogP contribution in [-0.4, -0.2) is 0 Å². The highest BCUT2D eigenvalue weighted by Gasteiger charge is 2.34. The van der Waals surface area contributed by atoms with Crippen molar-refractivity contribution in [3.63, 3.8) is 0 Å². The van der Waals surface area contributed by atoms with Crippen LogP contribution in [0, 0.1) is 0 Å². The van der Waals surface area contributed by atoms with E-state index in [0.29, 0.717) is 6.42 Å². The minimum atomic E-state index is -4.45. The molecule has 0 aromatic heterocycles. The molecule has 1 aromatic carbocycles. The number of alkyl halides is 3. The summed E-state index contributed by atoms with van der Waals surface area (Å²) >= 11 is 5.57. The van der Waals surface area contributed by atoms with Gasteiger partial charge in [-0.25, -0.2) is 0 Å². The van der Waals surface area contributed by atoms with Crippen LogP contribution >= 0.6 is 24.0 Å². The highest BCUT2D eigenvalue weighted by molar-refractivity contribution is 6.30. The fourth-order valence-electron chi connectivity index (χ4n) is 1.58. The minimum Gasteiger partial charge on any atom is -0.324 e. The second kappa shape index (κ2) is 6.45. The van der Waals surface area contributed by atoms with Gasteiger partial charge in [-0.1, -0.05) is 23.2 Å². The first-order valence-electron chi connectivity index (χ1n) is 4.98. The molecule has 0 aliphatic rings. The molecular formula is C12H14Cl2F3N. The highest BCUT2D eigenvalue weighted by Crippen LogP contribution is 2.36. The number of hydrogen-bond acceptors (Lipinski definition) is 1. The molecule has 0 saturated heterocycles. The lowest BCUT2D eigenvalue weighted by atomic mass is 9.96. The Morgan fingerprint density at radius 3 is 2.44 bits per heavy atom. The SMILES string of the molecule is C=C(C)C[C@H](N)c1ccc(Cl)cc1C(F)(F)F.Cl. The van der Waals surface area contributed by atoms with Crippen LogP contribution < -0.4 is 5.73 Å². The van der Waals surface area contributed by atoms with E-state index in [4.69, 9.17) is 17.3 Å². The number of nitrogens with two attached hydrogens (primary N) is 1. The van der Waals surface area contributed by atoms with Gasteiger partial charge in [0, 0.05) is 11.1 Å². The van der Waals surface area contributed by atoms with Crippen molar-refractivity contribution in [3.05, 3.63) is 46.5 Å². The Bertz CT molecular complexity index is 430. The van der Waals surface area contributed by atoms with Gasteiger partial charge < -0.3 is 5.73 Å². The molecule has 1 aromatic rings. The topological polar surface area (TPSA) is 26.0 Å². The van der Waals surface area contributed by atoms with E-state index in [-0.39, 0.29) is 23.0 Å². The first kappa shape index (κ1) is 17.3. The van der Waals surface area contributed by atoms with Gasteiger partial charge in [-0.15, -0.1) is 19.0 Å². The Hall–Kier alpha value is -0.710. The lowest BCUT2D eigenvalue weighted by Crippen LogP contribution is -2.17. The standard InChI is InChI=1S/C12H13ClF3N.ClH/c1-7(2)5-11(17)9-4-3-8(13)6-10(9)12(14,15)16;/h3-4,6,11H,1,5,17H2,2H3;1H/t11-;/m0./s1. The summed E-state index contributed by atoms with van der Waals surface area (Å²) in [6, 6.07) is 2.90. The fourth-order valence-corrected chi connectivity index (χ4v) is 1.75. The van der Waals surface area contributed by atoms with Crippen molar-refractivity contribution in [1.29, 1.82) is 0 Å². The third kappa shape index (κ3) is 4.52. The predicted molar refractivity (Wildman–Crippen MR) is 70.1 cm³/mol. The van der Waals surface area contributed by atoms with Crippen molar-refractivity contribution < 1.29 is 13.2 Å². The number of rotatable bonds is 3. The van der Waals surface area contributed by atoms with E-state index in [9.17, 15) is 13.2 Å². The van der Waals surface area contributed by atoms with Gasteiger partial charge in [0.25, 0.3) is 0 Å². The Morgan fingerprint density at radius 1 is 1.44 bits per heavy atom. The first-order valence-corrected chi connectivity index (χ1v) is 5.36. The Kier molecular flexibility index (Phi) is 6.20. The van der Waals surface area contributed by atoms with Crippen LogP contribution in [0.1, 0.15) is 30.5 Å². The number of benzene rings is 1. The first-order chi connectivity index (χ1) is 7.71. The lowest BCUT2D eigenvalue weighted by molar-refractivity contribution is -0.138. The highest BCUT2D eigenvalue weighted by atomic mass is 35.5. The molecular weight excluding hydrogens is 286 g/mol. The van der Waals surface area contributed by atoms with E-state index in [2.05, 4.69) is 6.58 Å². The smallest absolute Gasteiger partial charge is 0.324 e. The summed E-state index contributed by atoms with van der Waals surface area (Å²) in [5.41, 5.74) is 5.74. The summed E-state index contributed by atoms with van der Waals surface area (Å²) in [5, 5.41) is 0.0450. The van der Waals surface area contributed by atoms with Crippen LogP contribution in [0.5, 0.6) is 0 Å². The van der Waals surface area contributed by atoms with E-state index in [1.807, 2.05) is 0 Å². The molecule has 0 spiro atoms. The van der Waals surface area contributed by atoms with Crippen molar-refractivity contribution in [2.24, 2.45) is 5.73 Å². The average molecular weight is 300 g/mol. The Morgan fingerprint density at radius 2 is 2.00 bits per heavy atom. The zero-order valence-electron chi connectivity index (χ0n) is 9.72. The molecule has 0 heterocycles. The summed E-state index contributed by atoms with van der Waals surface area (Å²) in [5.74, 6) is 0. The van der Waals surface area contributed by atoms with Crippen LogP contribution in [-0.2, 0) is 6.18 Å². The van der Waals surface area contributed by atoms with E-state index in [1.165, 1.54) is 12.1 Å². The van der Waals surface area contributed by atoms with Gasteiger partial charge in [0.05, 0.1) is 5.56 Å². The van der Waals surface area contributed by atoms with E-state index >= 15 is 0 Å². The third-order valence-electron chi connectivity index (χ3n) is 2.29. The molecule has 0 bridgehead atoms. The lowest BCUT2D eigenvalue weighted by Gasteiger charge is -2.18. The summed E-state index contributed by atoms with van der Waals surface area (Å²) in [6.45, 7) is 5.37. The molecule has 6 heteroatoms. The van der Waals surface area contributed by atoms with Crippen LogP contribution in [0.25, 0.3) is 0 Å².